The van der Waals surface area contributed by atoms with Crippen LogP contribution in [0.25, 0.3) is 21.7 Å². The second-order valence-corrected chi connectivity index (χ2v) is 12.0. The second-order valence-electron chi connectivity index (χ2n) is 10.3. The van der Waals surface area contributed by atoms with Crippen molar-refractivity contribution in [1.29, 1.82) is 0 Å². The molecule has 6 rings (SSSR count). The fourth-order valence-electron chi connectivity index (χ4n) is 4.92. The predicted molar refractivity (Wildman–Crippen MR) is 133 cm³/mol. The van der Waals surface area contributed by atoms with Crippen LogP contribution in [0.3, 0.4) is 0 Å². The smallest absolute Gasteiger partial charge is 0.241 e. The van der Waals surface area contributed by atoms with Crippen molar-refractivity contribution in [2.45, 2.75) is 62.1 Å². The van der Waals surface area contributed by atoms with E-state index in [1.807, 2.05) is 12.1 Å². The molecule has 3 N–H and O–H groups in total. The molecular formula is C25H27FN6O2S. The van der Waals surface area contributed by atoms with Gasteiger partial charge in [-0.05, 0) is 62.8 Å². The summed E-state index contributed by atoms with van der Waals surface area (Å²) in [6, 6.07) is 3.94. The van der Waals surface area contributed by atoms with Crippen LogP contribution in [0.1, 0.15) is 49.4 Å². The first-order valence-corrected chi connectivity index (χ1v) is 13.3. The summed E-state index contributed by atoms with van der Waals surface area (Å²) in [5, 5.41) is 12.9. The molecule has 2 aliphatic rings. The second kappa shape index (κ2) is 7.96. The van der Waals surface area contributed by atoms with Crippen molar-refractivity contribution in [1.82, 2.24) is 24.9 Å². The van der Waals surface area contributed by atoms with E-state index >= 15 is 0 Å². The Morgan fingerprint density at radius 3 is 2.71 bits per heavy atom. The number of fused-ring (bicyclic) bond motifs is 3. The van der Waals surface area contributed by atoms with E-state index in [1.165, 1.54) is 13.8 Å². The van der Waals surface area contributed by atoms with Gasteiger partial charge in [-0.25, -0.2) is 17.5 Å². The SMILES string of the molecule is CC(C)(F)CNS(=O)(=O)c1c2c(cc3cnc(C4CC4)cc13)CC(Nc1cncc3[nH]ncc13)C2. The molecule has 3 heterocycles. The predicted octanol–water partition coefficient (Wildman–Crippen LogP) is 3.99. The number of aromatic amines is 1. The lowest BCUT2D eigenvalue weighted by Crippen LogP contribution is -2.36. The number of hydrogen-bond acceptors (Lipinski definition) is 6. The van der Waals surface area contributed by atoms with Crippen LogP contribution in [0.2, 0.25) is 0 Å². The lowest BCUT2D eigenvalue weighted by molar-refractivity contribution is 0.221. The van der Waals surface area contributed by atoms with E-state index in [-0.39, 0.29) is 17.5 Å². The molecule has 2 aliphatic carbocycles. The van der Waals surface area contributed by atoms with Crippen LogP contribution >= 0.6 is 0 Å². The molecule has 3 aromatic heterocycles. The summed E-state index contributed by atoms with van der Waals surface area (Å²) in [7, 11) is -3.96. The van der Waals surface area contributed by atoms with Gasteiger partial charge in [-0.15, -0.1) is 0 Å². The molecule has 0 amide bonds. The number of alkyl halides is 1. The number of benzene rings is 1. The lowest BCUT2D eigenvalue weighted by atomic mass is 10.0. The van der Waals surface area contributed by atoms with Gasteiger partial charge in [-0.1, -0.05) is 0 Å². The van der Waals surface area contributed by atoms with Crippen LogP contribution in [0.4, 0.5) is 10.1 Å². The monoisotopic (exact) mass is 494 g/mol. The molecule has 0 saturated heterocycles. The minimum Gasteiger partial charge on any atom is -0.380 e. The highest BCUT2D eigenvalue weighted by atomic mass is 32.2. The highest BCUT2D eigenvalue weighted by Gasteiger charge is 2.33. The Hall–Kier alpha value is -3.11. The first-order chi connectivity index (χ1) is 16.7. The Bertz CT molecular complexity index is 1560. The highest BCUT2D eigenvalue weighted by molar-refractivity contribution is 7.89. The minimum atomic E-state index is -3.96. The fraction of sp³-hybridized carbons (Fsp3) is 0.400. The van der Waals surface area contributed by atoms with Crippen LogP contribution < -0.4 is 10.0 Å². The number of hydrogen-bond donors (Lipinski definition) is 3. The summed E-state index contributed by atoms with van der Waals surface area (Å²) >= 11 is 0. The highest BCUT2D eigenvalue weighted by Crippen LogP contribution is 2.42. The van der Waals surface area contributed by atoms with Gasteiger partial charge < -0.3 is 5.32 Å². The normalized spacial score (nSPS) is 18.3. The molecule has 4 aromatic rings. The number of sulfonamides is 1. The molecule has 8 nitrogen and oxygen atoms in total. The van der Waals surface area contributed by atoms with Gasteiger partial charge in [0.05, 0.1) is 34.7 Å². The molecule has 0 bridgehead atoms. The number of halogens is 1. The summed E-state index contributed by atoms with van der Waals surface area (Å²) in [6.45, 7) is 2.43. The van der Waals surface area contributed by atoms with Gasteiger partial charge in [-0.3, -0.25) is 15.1 Å². The third-order valence-electron chi connectivity index (χ3n) is 6.78. The molecule has 35 heavy (non-hydrogen) atoms. The van der Waals surface area contributed by atoms with E-state index in [0.29, 0.717) is 24.1 Å². The van der Waals surface area contributed by atoms with Crippen molar-refractivity contribution < 1.29 is 12.8 Å². The van der Waals surface area contributed by atoms with E-state index in [0.717, 1.165) is 51.6 Å². The molecule has 0 spiro atoms. The number of nitrogens with zero attached hydrogens (tertiary/aromatic N) is 3. The fourth-order valence-corrected chi connectivity index (χ4v) is 6.60. The van der Waals surface area contributed by atoms with Crippen molar-refractivity contribution in [2.24, 2.45) is 0 Å². The summed E-state index contributed by atoms with van der Waals surface area (Å²) in [6.07, 6.45) is 10.3. The summed E-state index contributed by atoms with van der Waals surface area (Å²) < 4.78 is 44.0. The van der Waals surface area contributed by atoms with Crippen molar-refractivity contribution in [2.75, 3.05) is 11.9 Å². The van der Waals surface area contributed by atoms with E-state index in [1.54, 1.807) is 24.8 Å². The topological polar surface area (TPSA) is 113 Å². The van der Waals surface area contributed by atoms with Crippen molar-refractivity contribution in [3.8, 4) is 0 Å². The zero-order valence-electron chi connectivity index (χ0n) is 19.6. The van der Waals surface area contributed by atoms with Gasteiger partial charge in [0.25, 0.3) is 0 Å². The summed E-state index contributed by atoms with van der Waals surface area (Å²) in [5.74, 6) is 0.387. The van der Waals surface area contributed by atoms with Gasteiger partial charge in [0.1, 0.15) is 5.67 Å². The van der Waals surface area contributed by atoms with Gasteiger partial charge >= 0.3 is 0 Å². The van der Waals surface area contributed by atoms with E-state index in [2.05, 4.69) is 30.2 Å². The molecule has 0 radical (unpaired) electrons. The molecule has 1 unspecified atom stereocenters. The molecule has 1 fully saturated rings. The maximum atomic E-state index is 14.2. The average molecular weight is 495 g/mol. The van der Waals surface area contributed by atoms with E-state index in [4.69, 9.17) is 0 Å². The van der Waals surface area contributed by atoms with Crippen LogP contribution in [-0.2, 0) is 22.9 Å². The van der Waals surface area contributed by atoms with Gasteiger partial charge in [-0.2, -0.15) is 5.10 Å². The van der Waals surface area contributed by atoms with E-state index < -0.39 is 15.7 Å². The number of aromatic nitrogens is 4. The molecule has 182 valence electrons. The van der Waals surface area contributed by atoms with Crippen LogP contribution in [0.15, 0.2) is 41.8 Å². The van der Waals surface area contributed by atoms with Crippen molar-refractivity contribution >= 4 is 37.4 Å². The molecule has 1 atom stereocenters. The zero-order chi connectivity index (χ0) is 24.4. The lowest BCUT2D eigenvalue weighted by Gasteiger charge is -2.18. The molecular weight excluding hydrogens is 467 g/mol. The Morgan fingerprint density at radius 1 is 1.11 bits per heavy atom. The van der Waals surface area contributed by atoms with Crippen molar-refractivity contribution in [3.63, 3.8) is 0 Å². The summed E-state index contributed by atoms with van der Waals surface area (Å²) in [5.41, 5.74) is 2.67. The Kier molecular flexibility index (Phi) is 5.08. The van der Waals surface area contributed by atoms with Gasteiger partial charge in [0.15, 0.2) is 0 Å². The number of anilines is 1. The summed E-state index contributed by atoms with van der Waals surface area (Å²) in [4.78, 5) is 9.13. The van der Waals surface area contributed by atoms with Gasteiger partial charge in [0, 0.05) is 46.6 Å². The Balaban J connectivity index is 1.42. The van der Waals surface area contributed by atoms with Crippen LogP contribution in [-0.4, -0.2) is 46.8 Å². The molecule has 1 saturated carbocycles. The zero-order valence-corrected chi connectivity index (χ0v) is 20.4. The number of pyridine rings is 2. The maximum Gasteiger partial charge on any atom is 0.241 e. The third kappa shape index (κ3) is 4.25. The van der Waals surface area contributed by atoms with Gasteiger partial charge in [0.2, 0.25) is 10.0 Å². The molecule has 1 aromatic carbocycles. The standard InChI is InChI=1S/C25H27FN6O2S/c1-25(2,26)13-30-35(33,34)24-18-7-17(31-22-11-27-12-23-20(22)10-29-32-23)6-15(18)5-16-9-28-21(8-19(16)24)14-3-4-14/h5,8-12,14,17,30-31H,3-4,6-7,13H2,1-2H3,(H,29,32). The largest absolute Gasteiger partial charge is 0.380 e. The number of nitrogens with one attached hydrogen (secondary N) is 3. The minimum absolute atomic E-state index is 0.0217. The van der Waals surface area contributed by atoms with E-state index in [9.17, 15) is 12.8 Å². The first-order valence-electron chi connectivity index (χ1n) is 11.8. The number of rotatable bonds is 7. The molecule has 10 heteroatoms. The molecule has 0 aliphatic heterocycles. The Morgan fingerprint density at radius 2 is 1.94 bits per heavy atom. The maximum absolute atomic E-state index is 14.2. The van der Waals surface area contributed by atoms with Crippen molar-refractivity contribution in [3.05, 3.63) is 53.7 Å². The van der Waals surface area contributed by atoms with Crippen LogP contribution in [0, 0.1) is 0 Å². The quantitative estimate of drug-likeness (QED) is 0.358. The Labute approximate surface area is 202 Å². The van der Waals surface area contributed by atoms with Crippen LogP contribution in [0.5, 0.6) is 0 Å². The number of H-pyrrole nitrogens is 1. The average Bonchev–Trinajstić information content (AvgIpc) is 3.40. The third-order valence-corrected chi connectivity index (χ3v) is 8.31. The first kappa shape index (κ1) is 22.4.